The van der Waals surface area contributed by atoms with Gasteiger partial charge < -0.3 is 11.1 Å². The quantitative estimate of drug-likeness (QED) is 0.680. The zero-order chi connectivity index (χ0) is 11.3. The molecule has 0 saturated carbocycles. The van der Waals surface area contributed by atoms with Crippen LogP contribution in [0.3, 0.4) is 0 Å². The number of carbonyl (C=O) groups is 1. The van der Waals surface area contributed by atoms with Crippen LogP contribution in [0.1, 0.15) is 34.6 Å². The summed E-state index contributed by atoms with van der Waals surface area (Å²) in [6.07, 6.45) is 0. The molecule has 0 aliphatic carbocycles. The van der Waals surface area contributed by atoms with E-state index in [2.05, 4.69) is 33.0 Å². The highest BCUT2D eigenvalue weighted by molar-refractivity contribution is 5.79. The maximum Gasteiger partial charge on any atom is 0.234 e. The second-order valence-corrected chi connectivity index (χ2v) is 4.68. The van der Waals surface area contributed by atoms with E-state index >= 15 is 0 Å². The zero-order valence-electron chi connectivity index (χ0n) is 10.0. The molecule has 0 heterocycles. The number of rotatable bonds is 6. The molecule has 0 aromatic carbocycles. The number of hydrogen-bond acceptors (Lipinski definition) is 2. The summed E-state index contributed by atoms with van der Waals surface area (Å²) in [6, 6.07) is -0.227. The number of amides is 1. The van der Waals surface area contributed by atoms with Gasteiger partial charge in [0, 0.05) is 0 Å². The number of nitrogens with two attached hydrogens (primary N) is 1. The van der Waals surface area contributed by atoms with E-state index in [0.717, 1.165) is 6.54 Å². The molecule has 0 spiro atoms. The van der Waals surface area contributed by atoms with Crippen LogP contribution in [-0.2, 0) is 4.79 Å². The molecule has 0 saturated heterocycles. The molecular formula is C11H24N2O. The van der Waals surface area contributed by atoms with Gasteiger partial charge in [0.1, 0.15) is 0 Å². The van der Waals surface area contributed by atoms with Crippen LogP contribution in [0.4, 0.5) is 0 Å². The van der Waals surface area contributed by atoms with Crippen molar-refractivity contribution in [3.05, 3.63) is 0 Å². The van der Waals surface area contributed by atoms with Crippen LogP contribution in [0.5, 0.6) is 0 Å². The van der Waals surface area contributed by atoms with Crippen LogP contribution in [0.2, 0.25) is 0 Å². The van der Waals surface area contributed by atoms with Gasteiger partial charge in [-0.05, 0) is 31.2 Å². The summed E-state index contributed by atoms with van der Waals surface area (Å²) in [5.74, 6) is 1.57. The lowest BCUT2D eigenvalue weighted by Gasteiger charge is -2.26. The first kappa shape index (κ1) is 13.4. The Bertz CT molecular complexity index is 170. The normalized spacial score (nSPS) is 14.0. The predicted molar refractivity (Wildman–Crippen MR) is 59.8 cm³/mol. The minimum absolute atomic E-state index is 0.227. The molecule has 1 atom stereocenters. The van der Waals surface area contributed by atoms with Crippen molar-refractivity contribution in [2.75, 3.05) is 6.54 Å². The Morgan fingerprint density at radius 3 is 1.86 bits per heavy atom. The molecule has 0 aliphatic rings. The van der Waals surface area contributed by atoms with Crippen molar-refractivity contribution in [1.29, 1.82) is 0 Å². The molecule has 3 N–H and O–H groups in total. The Hall–Kier alpha value is -0.570. The van der Waals surface area contributed by atoms with Crippen LogP contribution >= 0.6 is 0 Å². The van der Waals surface area contributed by atoms with Crippen molar-refractivity contribution in [2.24, 2.45) is 23.5 Å². The van der Waals surface area contributed by atoms with Crippen LogP contribution in [-0.4, -0.2) is 18.5 Å². The lowest BCUT2D eigenvalue weighted by atomic mass is 9.85. The van der Waals surface area contributed by atoms with Gasteiger partial charge in [0.05, 0.1) is 6.04 Å². The van der Waals surface area contributed by atoms with Crippen molar-refractivity contribution in [2.45, 2.75) is 40.7 Å². The molecule has 1 unspecified atom stereocenters. The van der Waals surface area contributed by atoms with Gasteiger partial charge in [-0.2, -0.15) is 0 Å². The third-order valence-corrected chi connectivity index (χ3v) is 2.80. The smallest absolute Gasteiger partial charge is 0.234 e. The standard InChI is InChI=1S/C11H24N2O/c1-7(2)10(8(3)4)6-13-9(5)11(12)14/h7-10,13H,6H2,1-5H3,(H2,12,14). The summed E-state index contributed by atoms with van der Waals surface area (Å²) in [4.78, 5) is 10.8. The van der Waals surface area contributed by atoms with Gasteiger partial charge in [-0.25, -0.2) is 0 Å². The molecule has 0 fully saturated rings. The fourth-order valence-corrected chi connectivity index (χ4v) is 1.65. The molecule has 84 valence electrons. The highest BCUT2D eigenvalue weighted by Gasteiger charge is 2.18. The lowest BCUT2D eigenvalue weighted by molar-refractivity contribution is -0.119. The Balaban J connectivity index is 4.00. The SMILES string of the molecule is CC(NCC(C(C)C)C(C)C)C(N)=O. The van der Waals surface area contributed by atoms with Crippen LogP contribution in [0.15, 0.2) is 0 Å². The Morgan fingerprint density at radius 1 is 1.14 bits per heavy atom. The van der Waals surface area contributed by atoms with E-state index in [1.54, 1.807) is 6.92 Å². The Kier molecular flexibility index (Phi) is 5.77. The van der Waals surface area contributed by atoms with E-state index in [1.165, 1.54) is 0 Å². The van der Waals surface area contributed by atoms with Crippen LogP contribution < -0.4 is 11.1 Å². The Morgan fingerprint density at radius 2 is 1.57 bits per heavy atom. The first-order valence-electron chi connectivity index (χ1n) is 5.39. The van der Waals surface area contributed by atoms with Gasteiger partial charge >= 0.3 is 0 Å². The van der Waals surface area contributed by atoms with Gasteiger partial charge in [0.25, 0.3) is 0 Å². The van der Waals surface area contributed by atoms with Crippen LogP contribution in [0, 0.1) is 17.8 Å². The van der Waals surface area contributed by atoms with Gasteiger partial charge in [0.15, 0.2) is 0 Å². The van der Waals surface area contributed by atoms with E-state index in [-0.39, 0.29) is 11.9 Å². The number of nitrogens with one attached hydrogen (secondary N) is 1. The molecule has 0 aliphatic heterocycles. The highest BCUT2D eigenvalue weighted by Crippen LogP contribution is 2.19. The van der Waals surface area contributed by atoms with E-state index < -0.39 is 0 Å². The Labute approximate surface area is 87.4 Å². The third-order valence-electron chi connectivity index (χ3n) is 2.80. The molecule has 3 nitrogen and oxygen atoms in total. The number of primary amides is 1. The molecule has 14 heavy (non-hydrogen) atoms. The van der Waals surface area contributed by atoms with Crippen LogP contribution in [0.25, 0.3) is 0 Å². The van der Waals surface area contributed by atoms with Gasteiger partial charge in [-0.1, -0.05) is 27.7 Å². The summed E-state index contributed by atoms with van der Waals surface area (Å²) >= 11 is 0. The van der Waals surface area contributed by atoms with E-state index in [0.29, 0.717) is 17.8 Å². The molecule has 3 heteroatoms. The molecule has 0 bridgehead atoms. The monoisotopic (exact) mass is 200 g/mol. The van der Waals surface area contributed by atoms with Crippen molar-refractivity contribution >= 4 is 5.91 Å². The maximum absolute atomic E-state index is 10.8. The summed E-state index contributed by atoms with van der Waals surface area (Å²) < 4.78 is 0. The second-order valence-electron chi connectivity index (χ2n) is 4.68. The fraction of sp³-hybridized carbons (Fsp3) is 0.909. The zero-order valence-corrected chi connectivity index (χ0v) is 10.0. The summed E-state index contributed by atoms with van der Waals surface area (Å²) in [6.45, 7) is 11.5. The maximum atomic E-state index is 10.8. The summed E-state index contributed by atoms with van der Waals surface area (Å²) in [5.41, 5.74) is 5.17. The third kappa shape index (κ3) is 4.61. The first-order valence-corrected chi connectivity index (χ1v) is 5.39. The molecule has 1 amide bonds. The number of carbonyl (C=O) groups excluding carboxylic acids is 1. The fourth-order valence-electron chi connectivity index (χ4n) is 1.65. The van der Waals surface area contributed by atoms with Crippen molar-refractivity contribution in [1.82, 2.24) is 5.32 Å². The molecule has 0 radical (unpaired) electrons. The van der Waals surface area contributed by atoms with Gasteiger partial charge in [0.2, 0.25) is 5.91 Å². The van der Waals surface area contributed by atoms with Crippen molar-refractivity contribution in [3.8, 4) is 0 Å². The minimum atomic E-state index is -0.281. The minimum Gasteiger partial charge on any atom is -0.368 e. The number of hydrogen-bond donors (Lipinski definition) is 2. The van der Waals surface area contributed by atoms with Crippen molar-refractivity contribution in [3.63, 3.8) is 0 Å². The van der Waals surface area contributed by atoms with E-state index in [9.17, 15) is 4.79 Å². The average Bonchev–Trinajstić information content (AvgIpc) is 2.02. The summed E-state index contributed by atoms with van der Waals surface area (Å²) in [5, 5.41) is 3.17. The van der Waals surface area contributed by atoms with E-state index in [4.69, 9.17) is 5.73 Å². The second kappa shape index (κ2) is 6.02. The first-order chi connectivity index (χ1) is 6.36. The van der Waals surface area contributed by atoms with Gasteiger partial charge in [-0.3, -0.25) is 4.79 Å². The predicted octanol–water partition coefficient (Wildman–Crippen LogP) is 1.38. The average molecular weight is 200 g/mol. The molecule has 0 aromatic heterocycles. The highest BCUT2D eigenvalue weighted by atomic mass is 16.1. The topological polar surface area (TPSA) is 55.1 Å². The molecule has 0 aromatic rings. The molecule has 0 rings (SSSR count). The lowest BCUT2D eigenvalue weighted by Crippen LogP contribution is -2.42. The summed E-state index contributed by atoms with van der Waals surface area (Å²) in [7, 11) is 0. The largest absolute Gasteiger partial charge is 0.368 e. The molecular weight excluding hydrogens is 176 g/mol. The van der Waals surface area contributed by atoms with Crippen molar-refractivity contribution < 1.29 is 4.79 Å². The van der Waals surface area contributed by atoms with Gasteiger partial charge in [-0.15, -0.1) is 0 Å². The van der Waals surface area contributed by atoms with E-state index in [1.807, 2.05) is 0 Å².